The van der Waals surface area contributed by atoms with Gasteiger partial charge in [0.25, 0.3) is 5.69 Å². The zero-order valence-corrected chi connectivity index (χ0v) is 8.12. The van der Waals surface area contributed by atoms with Gasteiger partial charge in [-0.25, -0.2) is 4.79 Å². The van der Waals surface area contributed by atoms with Gasteiger partial charge in [-0.15, -0.1) is 0 Å². The van der Waals surface area contributed by atoms with Crippen molar-refractivity contribution < 1.29 is 24.7 Å². The average Bonchev–Trinajstić information content (AvgIpc) is 2.20. The number of hydrogen-bond acceptors (Lipinski definition) is 5. The molecule has 7 nitrogen and oxygen atoms in total. The number of benzene rings is 1. The number of carbonyl (C=O) groups is 1. The Morgan fingerprint density at radius 1 is 1.50 bits per heavy atom. The normalized spacial score (nSPS) is 10.0. The molecule has 0 aliphatic carbocycles. The predicted molar refractivity (Wildman–Crippen MR) is 52.1 cm³/mol. The molecule has 0 aromatic heterocycles. The maximum Gasteiger partial charge on any atom is 0.329 e. The van der Waals surface area contributed by atoms with E-state index in [1.54, 1.807) is 0 Å². The number of carboxylic acids is 1. The molecule has 86 valence electrons. The van der Waals surface area contributed by atoms with Crippen LogP contribution in [0, 0.1) is 10.1 Å². The summed E-state index contributed by atoms with van der Waals surface area (Å²) in [5, 5.41) is 28.1. The third-order valence-electron chi connectivity index (χ3n) is 1.76. The fourth-order valence-corrected chi connectivity index (χ4v) is 1.05. The fourth-order valence-electron chi connectivity index (χ4n) is 1.05. The number of phenols is 1. The third kappa shape index (κ3) is 3.21. The molecule has 0 heterocycles. The Hall–Kier alpha value is -2.15. The van der Waals surface area contributed by atoms with Crippen LogP contribution < -0.4 is 0 Å². The number of aliphatic carboxylic acids is 1. The van der Waals surface area contributed by atoms with Gasteiger partial charge in [0.05, 0.1) is 11.5 Å². The molecule has 0 saturated carbocycles. The summed E-state index contributed by atoms with van der Waals surface area (Å²) in [6.45, 7) is -0.720. The highest BCUT2D eigenvalue weighted by Crippen LogP contribution is 2.23. The zero-order valence-electron chi connectivity index (χ0n) is 8.12. The van der Waals surface area contributed by atoms with Crippen LogP contribution in [0.25, 0.3) is 0 Å². The minimum atomic E-state index is -1.15. The van der Waals surface area contributed by atoms with Crippen LogP contribution in [-0.2, 0) is 16.1 Å². The van der Waals surface area contributed by atoms with E-state index in [1.165, 1.54) is 0 Å². The maximum atomic E-state index is 10.4. The van der Waals surface area contributed by atoms with E-state index in [-0.39, 0.29) is 23.6 Å². The minimum absolute atomic E-state index is 0.170. The van der Waals surface area contributed by atoms with E-state index in [4.69, 9.17) is 9.84 Å². The van der Waals surface area contributed by atoms with Crippen LogP contribution in [0.3, 0.4) is 0 Å². The van der Waals surface area contributed by atoms with Gasteiger partial charge in [-0.2, -0.15) is 0 Å². The number of non-ortho nitro benzene ring substituents is 1. The van der Waals surface area contributed by atoms with Crippen molar-refractivity contribution in [3.8, 4) is 5.75 Å². The summed E-state index contributed by atoms with van der Waals surface area (Å²) in [4.78, 5) is 20.0. The Bertz CT molecular complexity index is 416. The van der Waals surface area contributed by atoms with Crippen LogP contribution in [0.15, 0.2) is 18.2 Å². The predicted octanol–water partition coefficient (Wildman–Crippen LogP) is 0.902. The smallest absolute Gasteiger partial charge is 0.329 e. The molecule has 0 atom stereocenters. The van der Waals surface area contributed by atoms with Crippen LogP contribution in [0.2, 0.25) is 0 Å². The number of phenolic OH excluding ortho intramolecular Hbond substituents is 1. The molecule has 7 heteroatoms. The van der Waals surface area contributed by atoms with Crippen LogP contribution in [-0.4, -0.2) is 27.7 Å². The molecule has 0 radical (unpaired) electrons. The molecule has 0 spiro atoms. The minimum Gasteiger partial charge on any atom is -0.508 e. The summed E-state index contributed by atoms with van der Waals surface area (Å²) in [7, 11) is 0. The van der Waals surface area contributed by atoms with E-state index in [9.17, 15) is 20.0 Å². The van der Waals surface area contributed by atoms with Gasteiger partial charge in [-0.1, -0.05) is 0 Å². The first-order valence-electron chi connectivity index (χ1n) is 4.26. The molecule has 0 unspecified atom stereocenters. The Kier molecular flexibility index (Phi) is 3.78. The summed E-state index contributed by atoms with van der Waals surface area (Å²) in [5.74, 6) is -1.32. The first-order valence-corrected chi connectivity index (χ1v) is 4.26. The van der Waals surface area contributed by atoms with Gasteiger partial charge in [0, 0.05) is 17.7 Å². The van der Waals surface area contributed by atoms with Crippen LogP contribution in [0.1, 0.15) is 5.56 Å². The molecule has 0 saturated heterocycles. The number of carboxylic acid groups (broad SMARTS) is 1. The largest absolute Gasteiger partial charge is 0.508 e. The summed E-state index contributed by atoms with van der Waals surface area (Å²) in [6.07, 6.45) is 0. The Balaban J connectivity index is 2.74. The van der Waals surface area contributed by atoms with Crippen molar-refractivity contribution in [2.45, 2.75) is 6.61 Å². The zero-order chi connectivity index (χ0) is 12.1. The van der Waals surface area contributed by atoms with Crippen molar-refractivity contribution in [3.05, 3.63) is 33.9 Å². The van der Waals surface area contributed by atoms with Gasteiger partial charge in [0.15, 0.2) is 0 Å². The monoisotopic (exact) mass is 227 g/mol. The number of ether oxygens (including phenoxy) is 1. The SMILES string of the molecule is O=C(O)COCc1cc([N+](=O)[O-])ccc1O. The highest BCUT2D eigenvalue weighted by atomic mass is 16.6. The van der Waals surface area contributed by atoms with Gasteiger partial charge < -0.3 is 14.9 Å². The van der Waals surface area contributed by atoms with E-state index in [2.05, 4.69) is 0 Å². The second kappa shape index (κ2) is 5.08. The summed E-state index contributed by atoms with van der Waals surface area (Å²) < 4.78 is 4.71. The van der Waals surface area contributed by atoms with Crippen molar-refractivity contribution in [2.75, 3.05) is 6.61 Å². The molecular weight excluding hydrogens is 218 g/mol. The number of nitro groups is 1. The van der Waals surface area contributed by atoms with Crippen molar-refractivity contribution in [1.82, 2.24) is 0 Å². The lowest BCUT2D eigenvalue weighted by Gasteiger charge is -2.04. The molecule has 0 fully saturated rings. The second-order valence-electron chi connectivity index (χ2n) is 2.96. The molecular formula is C9H9NO6. The lowest BCUT2D eigenvalue weighted by molar-refractivity contribution is -0.385. The van der Waals surface area contributed by atoms with Gasteiger partial charge in [-0.05, 0) is 6.07 Å². The quantitative estimate of drug-likeness (QED) is 0.571. The van der Waals surface area contributed by atoms with Crippen LogP contribution in [0.4, 0.5) is 5.69 Å². The molecule has 2 N–H and O–H groups in total. The molecule has 16 heavy (non-hydrogen) atoms. The van der Waals surface area contributed by atoms with E-state index in [1.807, 2.05) is 0 Å². The van der Waals surface area contributed by atoms with Gasteiger partial charge in [0.1, 0.15) is 12.4 Å². The molecule has 1 rings (SSSR count). The lowest BCUT2D eigenvalue weighted by atomic mass is 10.2. The molecule has 0 amide bonds. The van der Waals surface area contributed by atoms with Gasteiger partial charge in [-0.3, -0.25) is 10.1 Å². The first kappa shape index (κ1) is 11.9. The van der Waals surface area contributed by atoms with E-state index < -0.39 is 17.5 Å². The third-order valence-corrected chi connectivity index (χ3v) is 1.76. The van der Waals surface area contributed by atoms with Gasteiger partial charge in [0.2, 0.25) is 0 Å². The molecule has 0 aliphatic heterocycles. The van der Waals surface area contributed by atoms with Crippen LogP contribution >= 0.6 is 0 Å². The van der Waals surface area contributed by atoms with Crippen molar-refractivity contribution in [1.29, 1.82) is 0 Å². The van der Waals surface area contributed by atoms with E-state index >= 15 is 0 Å². The number of aromatic hydroxyl groups is 1. The Labute approximate surface area is 90.0 Å². The fraction of sp³-hybridized carbons (Fsp3) is 0.222. The standard InChI is InChI=1S/C9H9NO6/c11-8-2-1-7(10(14)15)3-6(8)4-16-5-9(12)13/h1-3,11H,4-5H2,(H,12,13). The Morgan fingerprint density at radius 2 is 2.19 bits per heavy atom. The Morgan fingerprint density at radius 3 is 2.75 bits per heavy atom. The van der Waals surface area contributed by atoms with Crippen molar-refractivity contribution in [3.63, 3.8) is 0 Å². The average molecular weight is 227 g/mol. The maximum absolute atomic E-state index is 10.4. The van der Waals surface area contributed by atoms with Crippen molar-refractivity contribution >= 4 is 11.7 Å². The highest BCUT2D eigenvalue weighted by Gasteiger charge is 2.10. The summed E-state index contributed by atoms with van der Waals surface area (Å²) in [6, 6.07) is 3.45. The molecule has 1 aromatic carbocycles. The first-order chi connectivity index (χ1) is 7.50. The number of nitro benzene ring substituents is 1. The second-order valence-corrected chi connectivity index (χ2v) is 2.96. The summed E-state index contributed by atoms with van der Waals surface area (Å²) in [5.41, 5.74) is -0.0119. The van der Waals surface area contributed by atoms with E-state index in [0.29, 0.717) is 0 Å². The summed E-state index contributed by atoms with van der Waals surface area (Å²) >= 11 is 0. The molecule has 0 aliphatic rings. The van der Waals surface area contributed by atoms with Gasteiger partial charge >= 0.3 is 5.97 Å². The lowest BCUT2D eigenvalue weighted by Crippen LogP contribution is -2.06. The van der Waals surface area contributed by atoms with Crippen molar-refractivity contribution in [2.24, 2.45) is 0 Å². The molecule has 1 aromatic rings. The van der Waals surface area contributed by atoms with Crippen LogP contribution in [0.5, 0.6) is 5.75 Å². The topological polar surface area (TPSA) is 110 Å². The number of hydrogen-bond donors (Lipinski definition) is 2. The number of nitrogens with zero attached hydrogens (tertiary/aromatic N) is 1. The molecule has 0 bridgehead atoms. The highest BCUT2D eigenvalue weighted by molar-refractivity contribution is 5.68. The van der Waals surface area contributed by atoms with E-state index in [0.717, 1.165) is 18.2 Å². The number of rotatable bonds is 5.